The van der Waals surface area contributed by atoms with Gasteiger partial charge in [-0.05, 0) is 54.1 Å². The predicted octanol–water partition coefficient (Wildman–Crippen LogP) is 6.33. The zero-order chi connectivity index (χ0) is 19.9. The van der Waals surface area contributed by atoms with E-state index in [1.54, 1.807) is 36.4 Å². The Balaban J connectivity index is 1.80. The van der Waals surface area contributed by atoms with Crippen molar-refractivity contribution in [2.24, 2.45) is 0 Å². The molecule has 3 aromatic carbocycles. The molecule has 1 amide bonds. The van der Waals surface area contributed by atoms with E-state index in [0.29, 0.717) is 32.8 Å². The standard InChI is InChI=1S/C22H14Cl2N2O2/c23-17-9-10-20(24)21(13-17)26-22(27)16(14-25)11-15-5-4-8-19(12-15)28-18-6-2-1-3-7-18/h1-13H,(H,26,27)/b16-11-. The van der Waals surface area contributed by atoms with Crippen molar-refractivity contribution >= 4 is 40.9 Å². The van der Waals surface area contributed by atoms with Gasteiger partial charge in [-0.15, -0.1) is 0 Å². The Morgan fingerprint density at radius 2 is 1.71 bits per heavy atom. The number of hydrogen-bond acceptors (Lipinski definition) is 3. The number of nitrogens with one attached hydrogen (secondary N) is 1. The fourth-order valence-electron chi connectivity index (χ4n) is 2.39. The van der Waals surface area contributed by atoms with Crippen LogP contribution in [0.1, 0.15) is 5.56 Å². The van der Waals surface area contributed by atoms with Gasteiger partial charge in [0.15, 0.2) is 0 Å². The van der Waals surface area contributed by atoms with Crippen molar-refractivity contribution in [1.82, 2.24) is 0 Å². The van der Waals surface area contributed by atoms with Crippen LogP contribution in [0.4, 0.5) is 5.69 Å². The summed E-state index contributed by atoms with van der Waals surface area (Å²) in [5.74, 6) is 0.703. The molecule has 0 aromatic heterocycles. The SMILES string of the molecule is N#C/C(=C/c1cccc(Oc2ccccc2)c1)C(=O)Nc1cc(Cl)ccc1Cl. The number of amides is 1. The second kappa shape index (κ2) is 9.09. The lowest BCUT2D eigenvalue weighted by Crippen LogP contribution is -2.13. The highest BCUT2D eigenvalue weighted by Gasteiger charge is 2.12. The zero-order valence-electron chi connectivity index (χ0n) is 14.5. The summed E-state index contributed by atoms with van der Waals surface area (Å²) in [5.41, 5.74) is 0.909. The van der Waals surface area contributed by atoms with Crippen LogP contribution < -0.4 is 10.1 Å². The molecule has 28 heavy (non-hydrogen) atoms. The molecule has 0 spiro atoms. The molecule has 0 atom stereocenters. The molecule has 0 fully saturated rings. The van der Waals surface area contributed by atoms with Gasteiger partial charge in [-0.1, -0.05) is 53.5 Å². The number of ether oxygens (including phenoxy) is 1. The van der Waals surface area contributed by atoms with E-state index in [9.17, 15) is 10.1 Å². The molecular formula is C22H14Cl2N2O2. The number of para-hydroxylation sites is 1. The summed E-state index contributed by atoms with van der Waals surface area (Å²) >= 11 is 12.0. The third-order valence-corrected chi connectivity index (χ3v) is 4.25. The number of nitrogens with zero attached hydrogens (tertiary/aromatic N) is 1. The minimum absolute atomic E-state index is 0.0760. The average Bonchev–Trinajstić information content (AvgIpc) is 2.70. The maximum atomic E-state index is 12.5. The van der Waals surface area contributed by atoms with Gasteiger partial charge in [0.2, 0.25) is 0 Å². The van der Waals surface area contributed by atoms with E-state index in [1.165, 1.54) is 12.1 Å². The summed E-state index contributed by atoms with van der Waals surface area (Å²) < 4.78 is 5.77. The molecule has 0 saturated carbocycles. The van der Waals surface area contributed by atoms with Gasteiger partial charge < -0.3 is 10.1 Å². The monoisotopic (exact) mass is 408 g/mol. The second-order valence-corrected chi connectivity index (χ2v) is 6.58. The van der Waals surface area contributed by atoms with Crippen LogP contribution in [0.5, 0.6) is 11.5 Å². The summed E-state index contributed by atoms with van der Waals surface area (Å²) in [4.78, 5) is 12.5. The first-order valence-corrected chi connectivity index (χ1v) is 9.02. The first-order valence-electron chi connectivity index (χ1n) is 8.26. The topological polar surface area (TPSA) is 62.1 Å². The molecule has 1 N–H and O–H groups in total. The highest BCUT2D eigenvalue weighted by atomic mass is 35.5. The normalized spacial score (nSPS) is 10.8. The smallest absolute Gasteiger partial charge is 0.266 e. The minimum atomic E-state index is -0.582. The summed E-state index contributed by atoms with van der Waals surface area (Å²) in [6, 6.07) is 23.0. The van der Waals surface area contributed by atoms with Crippen molar-refractivity contribution in [3.63, 3.8) is 0 Å². The van der Waals surface area contributed by atoms with Crippen molar-refractivity contribution in [1.29, 1.82) is 5.26 Å². The van der Waals surface area contributed by atoms with Crippen LogP contribution in [0.15, 0.2) is 78.4 Å². The number of carbonyl (C=O) groups is 1. The molecule has 3 aromatic rings. The first kappa shape index (κ1) is 19.5. The molecule has 3 rings (SSSR count). The molecular weight excluding hydrogens is 395 g/mol. The van der Waals surface area contributed by atoms with Crippen molar-refractivity contribution in [3.05, 3.63) is 94.0 Å². The van der Waals surface area contributed by atoms with Gasteiger partial charge in [-0.25, -0.2) is 0 Å². The second-order valence-electron chi connectivity index (χ2n) is 5.74. The van der Waals surface area contributed by atoms with Crippen LogP contribution in [-0.2, 0) is 4.79 Å². The van der Waals surface area contributed by atoms with Gasteiger partial charge in [0.1, 0.15) is 23.1 Å². The molecule has 6 heteroatoms. The van der Waals surface area contributed by atoms with E-state index >= 15 is 0 Å². The number of halogens is 2. The van der Waals surface area contributed by atoms with Crippen LogP contribution in [0.2, 0.25) is 10.0 Å². The molecule has 4 nitrogen and oxygen atoms in total. The van der Waals surface area contributed by atoms with Gasteiger partial charge in [-0.2, -0.15) is 5.26 Å². The Bertz CT molecular complexity index is 1070. The lowest BCUT2D eigenvalue weighted by Gasteiger charge is -2.08. The van der Waals surface area contributed by atoms with Gasteiger partial charge >= 0.3 is 0 Å². The molecule has 0 saturated heterocycles. The Kier molecular flexibility index (Phi) is 6.33. The maximum Gasteiger partial charge on any atom is 0.266 e. The van der Waals surface area contributed by atoms with Gasteiger partial charge in [0.25, 0.3) is 5.91 Å². The molecule has 0 radical (unpaired) electrons. The van der Waals surface area contributed by atoms with Crippen LogP contribution >= 0.6 is 23.2 Å². The van der Waals surface area contributed by atoms with Gasteiger partial charge in [0, 0.05) is 5.02 Å². The fourth-order valence-corrected chi connectivity index (χ4v) is 2.73. The van der Waals surface area contributed by atoms with E-state index < -0.39 is 5.91 Å². The quantitative estimate of drug-likeness (QED) is 0.396. The average molecular weight is 409 g/mol. The van der Waals surface area contributed by atoms with E-state index in [4.69, 9.17) is 27.9 Å². The van der Waals surface area contributed by atoms with Crippen molar-refractivity contribution in [2.75, 3.05) is 5.32 Å². The zero-order valence-corrected chi connectivity index (χ0v) is 16.0. The van der Waals surface area contributed by atoms with Gasteiger partial charge in [0.05, 0.1) is 10.7 Å². The third kappa shape index (κ3) is 5.14. The van der Waals surface area contributed by atoms with Crippen molar-refractivity contribution in [2.45, 2.75) is 0 Å². The largest absolute Gasteiger partial charge is 0.457 e. The van der Waals surface area contributed by atoms with E-state index in [-0.39, 0.29) is 5.57 Å². The summed E-state index contributed by atoms with van der Waals surface area (Å²) in [5, 5.41) is 12.7. The highest BCUT2D eigenvalue weighted by molar-refractivity contribution is 6.36. The van der Waals surface area contributed by atoms with Crippen LogP contribution in [0.3, 0.4) is 0 Å². The van der Waals surface area contributed by atoms with E-state index in [2.05, 4.69) is 5.32 Å². The molecule has 0 aliphatic carbocycles. The van der Waals surface area contributed by atoms with Crippen LogP contribution in [0, 0.1) is 11.3 Å². The number of nitriles is 1. The van der Waals surface area contributed by atoms with Gasteiger partial charge in [-0.3, -0.25) is 4.79 Å². The number of rotatable bonds is 5. The number of carbonyl (C=O) groups excluding carboxylic acids is 1. The minimum Gasteiger partial charge on any atom is -0.457 e. The number of anilines is 1. The Morgan fingerprint density at radius 3 is 2.46 bits per heavy atom. The maximum absolute atomic E-state index is 12.5. The molecule has 0 aliphatic rings. The first-order chi connectivity index (χ1) is 13.5. The summed E-state index contributed by atoms with van der Waals surface area (Å²) in [6.45, 7) is 0. The van der Waals surface area contributed by atoms with Crippen molar-refractivity contribution < 1.29 is 9.53 Å². The number of hydrogen-bond donors (Lipinski definition) is 1. The fraction of sp³-hybridized carbons (Fsp3) is 0. The van der Waals surface area contributed by atoms with Crippen LogP contribution in [-0.4, -0.2) is 5.91 Å². The molecule has 138 valence electrons. The Labute approximate surface area is 172 Å². The highest BCUT2D eigenvalue weighted by Crippen LogP contribution is 2.26. The summed E-state index contributed by atoms with van der Waals surface area (Å²) in [7, 11) is 0. The molecule has 0 heterocycles. The molecule has 0 unspecified atom stereocenters. The third-order valence-electron chi connectivity index (χ3n) is 3.69. The number of benzene rings is 3. The predicted molar refractivity (Wildman–Crippen MR) is 112 cm³/mol. The lowest BCUT2D eigenvalue weighted by atomic mass is 10.1. The Morgan fingerprint density at radius 1 is 0.964 bits per heavy atom. The molecule has 0 bridgehead atoms. The van der Waals surface area contributed by atoms with E-state index in [1.807, 2.05) is 36.4 Å². The molecule has 0 aliphatic heterocycles. The van der Waals surface area contributed by atoms with E-state index in [0.717, 1.165) is 0 Å². The van der Waals surface area contributed by atoms with Crippen molar-refractivity contribution in [3.8, 4) is 17.6 Å². The lowest BCUT2D eigenvalue weighted by molar-refractivity contribution is -0.112. The van der Waals surface area contributed by atoms with Crippen LogP contribution in [0.25, 0.3) is 6.08 Å². The Hall–Kier alpha value is -3.26. The summed E-state index contributed by atoms with van der Waals surface area (Å²) in [6.07, 6.45) is 1.48.